The Hall–Kier alpha value is -0.980. The molecule has 9 fully saturated rings. The maximum Gasteiger partial charge on any atom is 0.187 e. The molecular formula is C47H76O18. The van der Waals surface area contributed by atoms with Crippen molar-refractivity contribution in [3.05, 3.63) is 11.6 Å². The summed E-state index contributed by atoms with van der Waals surface area (Å²) in [5.74, 6) is -0.184. The van der Waals surface area contributed by atoms with Crippen LogP contribution in [0.1, 0.15) is 99.8 Å². The van der Waals surface area contributed by atoms with E-state index in [4.69, 9.17) is 37.9 Å². The quantitative estimate of drug-likeness (QED) is 0.102. The second kappa shape index (κ2) is 17.1. The first-order valence-electron chi connectivity index (χ1n) is 24.1. The molecule has 5 heterocycles. The van der Waals surface area contributed by atoms with Crippen LogP contribution in [0.15, 0.2) is 11.6 Å². The third kappa shape index (κ3) is 7.40. The Morgan fingerprint density at radius 2 is 1.23 bits per heavy atom. The van der Waals surface area contributed by atoms with E-state index in [0.717, 1.165) is 44.1 Å². The van der Waals surface area contributed by atoms with Crippen LogP contribution in [0, 0.1) is 45.3 Å². The van der Waals surface area contributed by atoms with Gasteiger partial charge in [0, 0.05) is 24.2 Å². The number of fused-ring (bicyclic) bond motifs is 4. The summed E-state index contributed by atoms with van der Waals surface area (Å²) in [6.07, 6.45) is -14.0. The van der Waals surface area contributed by atoms with E-state index in [1.165, 1.54) is 0 Å². The Labute approximate surface area is 381 Å². The number of aliphatic hydroxyl groups is 10. The highest BCUT2D eigenvalue weighted by atomic mass is 16.8. The van der Waals surface area contributed by atoms with E-state index in [1.807, 2.05) is 6.92 Å². The maximum atomic E-state index is 12.2. The highest BCUT2D eigenvalue weighted by molar-refractivity contribution is 5.26. The maximum absolute atomic E-state index is 12.2. The monoisotopic (exact) mass is 929 g/mol. The average molecular weight is 929 g/mol. The molecule has 0 radical (unpaired) electrons. The van der Waals surface area contributed by atoms with Gasteiger partial charge in [0.05, 0.1) is 44.2 Å². The van der Waals surface area contributed by atoms with Crippen LogP contribution in [0.2, 0.25) is 0 Å². The van der Waals surface area contributed by atoms with Crippen molar-refractivity contribution in [1.29, 1.82) is 0 Å². The van der Waals surface area contributed by atoms with Crippen LogP contribution in [0.4, 0.5) is 0 Å². The number of rotatable bonds is 10. The molecular weight excluding hydrogens is 852 g/mol. The molecule has 372 valence electrons. The Balaban J connectivity index is 0.991. The third-order valence-corrected chi connectivity index (χ3v) is 18.8. The summed E-state index contributed by atoms with van der Waals surface area (Å²) >= 11 is 0. The fraction of sp³-hybridized carbons (Fsp3) is 0.957. The minimum absolute atomic E-state index is 0.0960. The zero-order valence-electron chi connectivity index (χ0n) is 38.8. The van der Waals surface area contributed by atoms with Gasteiger partial charge in [0.25, 0.3) is 0 Å². The first-order valence-corrected chi connectivity index (χ1v) is 24.1. The molecule has 10 N–H and O–H groups in total. The van der Waals surface area contributed by atoms with Crippen molar-refractivity contribution in [1.82, 2.24) is 0 Å². The lowest BCUT2D eigenvalue weighted by Gasteiger charge is -2.70. The molecule has 2 spiro atoms. The van der Waals surface area contributed by atoms with E-state index in [2.05, 4.69) is 47.6 Å². The lowest BCUT2D eigenvalue weighted by Crippen LogP contribution is -2.68. The number of hydrogen-bond donors (Lipinski definition) is 10. The molecule has 5 saturated heterocycles. The molecule has 4 saturated carbocycles. The molecule has 0 aromatic rings. The van der Waals surface area contributed by atoms with E-state index >= 15 is 0 Å². The smallest absolute Gasteiger partial charge is 0.187 e. The van der Waals surface area contributed by atoms with Crippen molar-refractivity contribution >= 4 is 0 Å². The normalized spacial score (nSPS) is 56.9. The van der Waals surface area contributed by atoms with Crippen molar-refractivity contribution in [2.24, 2.45) is 45.3 Å². The van der Waals surface area contributed by atoms with Gasteiger partial charge in [-0.1, -0.05) is 39.3 Å². The fourth-order valence-corrected chi connectivity index (χ4v) is 15.9. The molecule has 25 atom stereocenters. The standard InChI is InChI=1S/C47H76O18/c1-21(2)14-22-15-45(7,57)38-23-8-9-28-43(5)12-11-29(42(3,4)27(43)10-13-44(28,6)46(23)19-47(38,65-22)58-20-46)62-41-37(64-39-34(55)31(52)25(17-49)60-39)36(32(53)26(18-50)61-41)63-40-35(56)33(54)30(51)24(16-48)59-40/h14,22-41,48-57H,8-13,15-20H2,1-7H3/t22-,23+,24+,25-,26+,27+,28+,29-,30+,31-,32+,33-,34+,35+,36-,37+,38-,39-,40-,41-,43-,44+,45-,46-,47-/m0/s1. The molecule has 0 aromatic carbocycles. The Kier molecular flexibility index (Phi) is 12.9. The van der Waals surface area contributed by atoms with Crippen LogP contribution in [0.5, 0.6) is 0 Å². The van der Waals surface area contributed by atoms with Crippen molar-refractivity contribution in [2.75, 3.05) is 26.4 Å². The van der Waals surface area contributed by atoms with Gasteiger partial charge in [0.1, 0.15) is 67.1 Å². The lowest BCUT2D eigenvalue weighted by atomic mass is 9.35. The van der Waals surface area contributed by atoms with Gasteiger partial charge in [-0.15, -0.1) is 0 Å². The van der Waals surface area contributed by atoms with Gasteiger partial charge in [0.15, 0.2) is 24.7 Å². The van der Waals surface area contributed by atoms with E-state index in [0.29, 0.717) is 25.4 Å². The van der Waals surface area contributed by atoms with Crippen LogP contribution in [-0.4, -0.2) is 187 Å². The van der Waals surface area contributed by atoms with Gasteiger partial charge in [-0.3, -0.25) is 0 Å². The largest absolute Gasteiger partial charge is 0.394 e. The molecule has 0 aromatic heterocycles. The minimum atomic E-state index is -1.86. The van der Waals surface area contributed by atoms with Crippen LogP contribution < -0.4 is 0 Å². The van der Waals surface area contributed by atoms with E-state index in [-0.39, 0.29) is 40.1 Å². The minimum Gasteiger partial charge on any atom is -0.394 e. The first-order chi connectivity index (χ1) is 30.5. The van der Waals surface area contributed by atoms with Crippen molar-refractivity contribution in [3.63, 3.8) is 0 Å². The second-order valence-corrected chi connectivity index (χ2v) is 22.9. The predicted octanol–water partition coefficient (Wildman–Crippen LogP) is -0.0333. The Morgan fingerprint density at radius 3 is 1.86 bits per heavy atom. The summed E-state index contributed by atoms with van der Waals surface area (Å²) in [4.78, 5) is 0. The van der Waals surface area contributed by atoms with Gasteiger partial charge in [-0.25, -0.2) is 0 Å². The molecule has 9 aliphatic rings. The second-order valence-electron chi connectivity index (χ2n) is 22.9. The fourth-order valence-electron chi connectivity index (χ4n) is 15.9. The van der Waals surface area contributed by atoms with Crippen molar-refractivity contribution in [3.8, 4) is 0 Å². The highest BCUT2D eigenvalue weighted by Gasteiger charge is 2.81. The van der Waals surface area contributed by atoms with Crippen LogP contribution >= 0.6 is 0 Å². The number of allylic oxidation sites excluding steroid dienone is 1. The lowest BCUT2D eigenvalue weighted by molar-refractivity contribution is -0.387. The zero-order valence-corrected chi connectivity index (χ0v) is 38.8. The molecule has 18 nitrogen and oxygen atoms in total. The summed E-state index contributed by atoms with van der Waals surface area (Å²) in [7, 11) is 0. The van der Waals surface area contributed by atoms with Crippen LogP contribution in [0.3, 0.4) is 0 Å². The van der Waals surface area contributed by atoms with Crippen molar-refractivity contribution < 1.29 is 89.0 Å². The predicted molar refractivity (Wildman–Crippen MR) is 225 cm³/mol. The topological polar surface area (TPSA) is 276 Å². The number of hydrogen-bond acceptors (Lipinski definition) is 18. The summed E-state index contributed by atoms with van der Waals surface area (Å²) in [6.45, 7) is 13.9. The number of ether oxygens (including phenoxy) is 8. The molecule has 0 amide bonds. The van der Waals surface area contributed by atoms with Crippen LogP contribution in [0.25, 0.3) is 0 Å². The highest BCUT2D eigenvalue weighted by Crippen LogP contribution is 2.80. The van der Waals surface area contributed by atoms with E-state index in [9.17, 15) is 51.1 Å². The van der Waals surface area contributed by atoms with E-state index in [1.54, 1.807) is 0 Å². The van der Waals surface area contributed by atoms with Gasteiger partial charge in [-0.05, 0) is 93.3 Å². The summed E-state index contributed by atoms with van der Waals surface area (Å²) < 4.78 is 50.9. The zero-order chi connectivity index (χ0) is 47.0. The first kappa shape index (κ1) is 49.0. The third-order valence-electron chi connectivity index (χ3n) is 18.8. The molecule has 2 bridgehead atoms. The molecule has 0 unspecified atom stereocenters. The summed E-state index contributed by atoms with van der Waals surface area (Å²) in [5.41, 5.74) is -0.668. The molecule has 18 heteroatoms. The molecule has 4 aliphatic carbocycles. The van der Waals surface area contributed by atoms with E-state index < -0.39 is 129 Å². The van der Waals surface area contributed by atoms with Crippen molar-refractivity contribution in [2.45, 2.75) is 209 Å². The number of aliphatic hydroxyl groups excluding tert-OH is 9. The SMILES string of the molecule is CC(C)=C[C@H]1C[C@](C)(O)[C@@H]2[C@H]3CC[C@@H]4[C@@]5(C)CC[C@H](O[C@@H]6O[C@H](CO)[C@@H](O)[C@H](O[C@@H]7O[C@H](CO)[C@@H](O)[C@H](O)[C@H]7O)[C@H]6O[C@@H]6O[C@@H](CO)[C@H](O)[C@H]6O)C(C)(C)[C@H]5CC[C@@]4(C)[C@@]34CO[C@@]2(C4)O1. The molecule has 5 aliphatic heterocycles. The Morgan fingerprint density at radius 1 is 0.646 bits per heavy atom. The van der Waals surface area contributed by atoms with Gasteiger partial charge in [0.2, 0.25) is 0 Å². The molecule has 65 heavy (non-hydrogen) atoms. The summed E-state index contributed by atoms with van der Waals surface area (Å²) in [5, 5.41) is 108. The summed E-state index contributed by atoms with van der Waals surface area (Å²) in [6, 6.07) is 0. The van der Waals surface area contributed by atoms with Gasteiger partial charge >= 0.3 is 0 Å². The van der Waals surface area contributed by atoms with Gasteiger partial charge < -0.3 is 89.0 Å². The van der Waals surface area contributed by atoms with Crippen LogP contribution in [-0.2, 0) is 37.9 Å². The molecule has 9 rings (SSSR count). The Bertz CT molecular complexity index is 1760. The van der Waals surface area contributed by atoms with Gasteiger partial charge in [-0.2, -0.15) is 0 Å². The average Bonchev–Trinajstić information content (AvgIpc) is 3.86.